The number of primary amides is 1. The van der Waals surface area contributed by atoms with Gasteiger partial charge in [-0.05, 0) is 6.54 Å². The SMILES string of the molecule is Cn1c(=O)c2[nH]c(CCN)nc2n(C)c1=O.NC(=O)CI. The van der Waals surface area contributed by atoms with Crippen molar-refractivity contribution in [3.05, 3.63) is 26.7 Å². The van der Waals surface area contributed by atoms with E-state index in [0.717, 1.165) is 4.57 Å². The van der Waals surface area contributed by atoms with Crippen molar-refractivity contribution in [2.45, 2.75) is 6.42 Å². The molecule has 0 spiro atoms. The maximum atomic E-state index is 11.8. The summed E-state index contributed by atoms with van der Waals surface area (Å²) in [6, 6.07) is 0. The molecule has 21 heavy (non-hydrogen) atoms. The minimum absolute atomic E-state index is 0.259. The van der Waals surface area contributed by atoms with Crippen molar-refractivity contribution in [1.29, 1.82) is 0 Å². The Balaban J connectivity index is 0.000000383. The average Bonchev–Trinajstić information content (AvgIpc) is 2.88. The molecule has 2 rings (SSSR count). The fourth-order valence-corrected chi connectivity index (χ4v) is 1.63. The smallest absolute Gasteiger partial charge is 0.332 e. The van der Waals surface area contributed by atoms with Crippen molar-refractivity contribution in [2.24, 2.45) is 25.6 Å². The third-order valence-corrected chi connectivity index (χ3v) is 3.41. The summed E-state index contributed by atoms with van der Waals surface area (Å²) in [6.45, 7) is 0.439. The molecule has 0 aliphatic rings. The Hall–Kier alpha value is -1.69. The third kappa shape index (κ3) is 3.91. The molecule has 9 nitrogen and oxygen atoms in total. The van der Waals surface area contributed by atoms with Crippen LogP contribution in [0.25, 0.3) is 11.2 Å². The Morgan fingerprint density at radius 2 is 1.90 bits per heavy atom. The molecule has 5 N–H and O–H groups in total. The Bertz CT molecular complexity index is 760. The van der Waals surface area contributed by atoms with E-state index in [1.54, 1.807) is 7.05 Å². The van der Waals surface area contributed by atoms with Gasteiger partial charge in [0.1, 0.15) is 11.3 Å². The Labute approximate surface area is 133 Å². The number of carbonyl (C=O) groups excluding carboxylic acids is 1. The van der Waals surface area contributed by atoms with Gasteiger partial charge in [-0.3, -0.25) is 18.7 Å². The summed E-state index contributed by atoms with van der Waals surface area (Å²) < 4.78 is 2.80. The lowest BCUT2D eigenvalue weighted by molar-refractivity contribution is -0.115. The standard InChI is InChI=1S/C9H13N5O2.C2H4INO/c1-13-7-6(8(15)14(2)9(13)16)11-5(12-7)3-4-10;3-1-2(4)5/h3-4,10H2,1-2H3,(H,11,12);1H2,(H2,4,5). The van der Waals surface area contributed by atoms with Crippen molar-refractivity contribution >= 4 is 39.7 Å². The van der Waals surface area contributed by atoms with Crippen LogP contribution < -0.4 is 22.7 Å². The van der Waals surface area contributed by atoms with Crippen LogP contribution in [-0.4, -0.2) is 36.0 Å². The van der Waals surface area contributed by atoms with E-state index in [0.29, 0.717) is 34.4 Å². The number of nitrogens with two attached hydrogens (primary N) is 2. The number of aryl methyl sites for hydroxylation is 1. The van der Waals surface area contributed by atoms with E-state index < -0.39 is 0 Å². The minimum atomic E-state index is -0.386. The average molecular weight is 408 g/mol. The van der Waals surface area contributed by atoms with Crippen LogP contribution in [0.1, 0.15) is 5.82 Å². The first-order valence-electron chi connectivity index (χ1n) is 6.02. The van der Waals surface area contributed by atoms with Gasteiger partial charge in [0.05, 0.1) is 4.43 Å². The highest BCUT2D eigenvalue weighted by molar-refractivity contribution is 14.1. The molecule has 0 atom stereocenters. The second-order valence-corrected chi connectivity index (χ2v) is 4.99. The van der Waals surface area contributed by atoms with Gasteiger partial charge in [0.2, 0.25) is 5.91 Å². The zero-order valence-corrected chi connectivity index (χ0v) is 13.9. The molecule has 0 aromatic carbocycles. The summed E-state index contributed by atoms with van der Waals surface area (Å²) in [4.78, 5) is 40.0. The Morgan fingerprint density at radius 3 is 2.38 bits per heavy atom. The summed E-state index contributed by atoms with van der Waals surface area (Å²) in [7, 11) is 3.02. The lowest BCUT2D eigenvalue weighted by Gasteiger charge is -2.00. The lowest BCUT2D eigenvalue weighted by Crippen LogP contribution is -2.36. The van der Waals surface area contributed by atoms with Crippen LogP contribution in [0.2, 0.25) is 0 Å². The molecule has 0 aliphatic carbocycles. The highest BCUT2D eigenvalue weighted by atomic mass is 127. The van der Waals surface area contributed by atoms with Gasteiger partial charge >= 0.3 is 5.69 Å². The van der Waals surface area contributed by atoms with Crippen LogP contribution in [0.15, 0.2) is 9.59 Å². The van der Waals surface area contributed by atoms with Crippen LogP contribution in [0, 0.1) is 0 Å². The molecule has 2 aromatic heterocycles. The summed E-state index contributed by atoms with van der Waals surface area (Å²) in [6.07, 6.45) is 0.548. The van der Waals surface area contributed by atoms with Gasteiger partial charge in [-0.25, -0.2) is 9.78 Å². The molecule has 0 saturated heterocycles. The van der Waals surface area contributed by atoms with E-state index in [1.165, 1.54) is 11.6 Å². The second-order valence-electron chi connectivity index (χ2n) is 4.23. The second kappa shape index (κ2) is 7.36. The number of aromatic amines is 1. The molecule has 10 heteroatoms. The maximum absolute atomic E-state index is 11.8. The first kappa shape index (κ1) is 17.4. The molecule has 116 valence electrons. The molecule has 0 saturated carbocycles. The van der Waals surface area contributed by atoms with Gasteiger partial charge in [-0.1, -0.05) is 22.6 Å². The van der Waals surface area contributed by atoms with Crippen molar-refractivity contribution in [2.75, 3.05) is 11.0 Å². The van der Waals surface area contributed by atoms with Crippen molar-refractivity contribution < 1.29 is 4.79 Å². The maximum Gasteiger partial charge on any atom is 0.332 e. The van der Waals surface area contributed by atoms with E-state index in [9.17, 15) is 14.4 Å². The van der Waals surface area contributed by atoms with E-state index >= 15 is 0 Å². The number of hydrogen-bond acceptors (Lipinski definition) is 5. The van der Waals surface area contributed by atoms with Gasteiger partial charge in [0, 0.05) is 20.5 Å². The Kier molecular flexibility index (Phi) is 6.08. The monoisotopic (exact) mass is 408 g/mol. The summed E-state index contributed by atoms with van der Waals surface area (Å²) >= 11 is 1.90. The topological polar surface area (TPSA) is 142 Å². The number of carbonyl (C=O) groups is 1. The number of nitrogens with one attached hydrogen (secondary N) is 1. The molecule has 2 heterocycles. The van der Waals surface area contributed by atoms with E-state index in [4.69, 9.17) is 5.73 Å². The highest BCUT2D eigenvalue weighted by Gasteiger charge is 2.12. The number of halogens is 1. The van der Waals surface area contributed by atoms with Crippen LogP contribution in [0.5, 0.6) is 0 Å². The van der Waals surface area contributed by atoms with E-state index in [-0.39, 0.29) is 17.2 Å². The number of imidazole rings is 1. The predicted molar refractivity (Wildman–Crippen MR) is 87.4 cm³/mol. The number of fused-ring (bicyclic) bond motifs is 1. The molecule has 1 amide bonds. The van der Waals surface area contributed by atoms with Gasteiger partial charge < -0.3 is 16.5 Å². The number of amides is 1. The van der Waals surface area contributed by atoms with E-state index in [2.05, 4.69) is 15.7 Å². The molecule has 0 radical (unpaired) electrons. The summed E-state index contributed by atoms with van der Waals surface area (Å²) in [5.41, 5.74) is 10.0. The van der Waals surface area contributed by atoms with Gasteiger partial charge in [0.25, 0.3) is 5.56 Å². The molecular formula is C11H17IN6O3. The molecule has 0 fully saturated rings. The summed E-state index contributed by atoms with van der Waals surface area (Å²) in [5, 5.41) is 0. The highest BCUT2D eigenvalue weighted by Crippen LogP contribution is 2.03. The number of rotatable bonds is 3. The Morgan fingerprint density at radius 1 is 1.33 bits per heavy atom. The van der Waals surface area contributed by atoms with Crippen molar-refractivity contribution in [3.63, 3.8) is 0 Å². The molecule has 0 aliphatic heterocycles. The largest absolute Gasteiger partial charge is 0.369 e. The number of hydrogen-bond donors (Lipinski definition) is 3. The molecule has 0 unspecified atom stereocenters. The number of aromatic nitrogens is 4. The number of nitrogens with zero attached hydrogens (tertiary/aromatic N) is 3. The minimum Gasteiger partial charge on any atom is -0.369 e. The van der Waals surface area contributed by atoms with Crippen molar-refractivity contribution in [1.82, 2.24) is 19.1 Å². The summed E-state index contributed by atoms with van der Waals surface area (Å²) in [5.74, 6) is 0.362. The molecule has 2 aromatic rings. The number of alkyl halides is 1. The van der Waals surface area contributed by atoms with Gasteiger partial charge in [-0.15, -0.1) is 0 Å². The van der Waals surface area contributed by atoms with E-state index in [1.807, 2.05) is 22.6 Å². The fourth-order valence-electron chi connectivity index (χ4n) is 1.63. The molecule has 0 bridgehead atoms. The lowest BCUT2D eigenvalue weighted by atomic mass is 10.4. The zero-order valence-electron chi connectivity index (χ0n) is 11.7. The first-order valence-corrected chi connectivity index (χ1v) is 7.55. The first-order chi connectivity index (χ1) is 9.83. The van der Waals surface area contributed by atoms with Crippen LogP contribution in [0.4, 0.5) is 0 Å². The fraction of sp³-hybridized carbons (Fsp3) is 0.455. The van der Waals surface area contributed by atoms with Crippen LogP contribution in [-0.2, 0) is 25.3 Å². The third-order valence-electron chi connectivity index (χ3n) is 2.66. The normalized spacial score (nSPS) is 10.3. The molecular weight excluding hydrogens is 391 g/mol. The van der Waals surface area contributed by atoms with Crippen LogP contribution in [0.3, 0.4) is 0 Å². The zero-order chi connectivity index (χ0) is 16.2. The van der Waals surface area contributed by atoms with Gasteiger partial charge in [0.15, 0.2) is 5.65 Å². The quantitative estimate of drug-likeness (QED) is 0.413. The predicted octanol–water partition coefficient (Wildman–Crippen LogP) is -1.63. The number of H-pyrrole nitrogens is 1. The van der Waals surface area contributed by atoms with Gasteiger partial charge in [-0.2, -0.15) is 0 Å². The van der Waals surface area contributed by atoms with Crippen molar-refractivity contribution in [3.8, 4) is 0 Å². The van der Waals surface area contributed by atoms with Crippen LogP contribution >= 0.6 is 22.6 Å².